The topological polar surface area (TPSA) is 86.7 Å². The van der Waals surface area contributed by atoms with Gasteiger partial charge in [-0.25, -0.2) is 4.39 Å². The van der Waals surface area contributed by atoms with Crippen molar-refractivity contribution in [3.63, 3.8) is 0 Å². The molecule has 0 aliphatic rings. The van der Waals surface area contributed by atoms with Gasteiger partial charge in [-0.15, -0.1) is 0 Å². The quantitative estimate of drug-likeness (QED) is 0.248. The van der Waals surface area contributed by atoms with Crippen molar-refractivity contribution in [3.8, 4) is 0 Å². The van der Waals surface area contributed by atoms with Crippen molar-refractivity contribution in [1.82, 2.24) is 0 Å². The first-order valence-electron chi connectivity index (χ1n) is 13.2. The smallest absolute Gasteiger partial charge is 0.435 e. The number of alkyl halides is 7. The Bertz CT molecular complexity index is 1560. The highest BCUT2D eigenvalue weighted by Gasteiger charge is 2.73. The zero-order valence-electron chi connectivity index (χ0n) is 24.2. The van der Waals surface area contributed by atoms with Gasteiger partial charge in [-0.1, -0.05) is 37.3 Å². The lowest BCUT2D eigenvalue weighted by Gasteiger charge is -2.32. The average molecular weight is 627 g/mol. The summed E-state index contributed by atoms with van der Waals surface area (Å²) in [6, 6.07) is 11.2. The molecule has 0 aliphatic heterocycles. The number of nitrogens with zero attached hydrogens (tertiary/aromatic N) is 1. The number of aryl methyl sites for hydroxylation is 3. The number of nitrogens with one attached hydrogen (secondary N) is 1. The van der Waals surface area contributed by atoms with Crippen LogP contribution in [0.15, 0.2) is 54.6 Å². The van der Waals surface area contributed by atoms with E-state index in [0.717, 1.165) is 18.7 Å². The number of carboxylic acid groups (broad SMARTS) is 1. The third-order valence-electron chi connectivity index (χ3n) is 7.28. The first-order chi connectivity index (χ1) is 20.2. The molecule has 0 bridgehead atoms. The molecule has 3 rings (SSSR count). The molecule has 0 spiro atoms. The van der Waals surface area contributed by atoms with Crippen LogP contribution in [-0.2, 0) is 10.5 Å². The maximum atomic E-state index is 14.7. The minimum atomic E-state index is -6.28. The van der Waals surface area contributed by atoms with Gasteiger partial charge in [0, 0.05) is 35.1 Å². The molecule has 1 unspecified atom stereocenters. The van der Waals surface area contributed by atoms with Crippen molar-refractivity contribution >= 4 is 29.2 Å². The van der Waals surface area contributed by atoms with E-state index in [1.54, 1.807) is 26.0 Å². The molecule has 3 aromatic carbocycles. The summed E-state index contributed by atoms with van der Waals surface area (Å²) in [7, 11) is 1.25. The molecule has 6 nitrogen and oxygen atoms in total. The third kappa shape index (κ3) is 6.41. The molecule has 1 atom stereocenters. The average Bonchev–Trinajstić information content (AvgIpc) is 2.90. The van der Waals surface area contributed by atoms with Gasteiger partial charge in [0.1, 0.15) is 0 Å². The molecular formula is C31H29F7N2O4. The van der Waals surface area contributed by atoms with Crippen LogP contribution < -0.4 is 10.2 Å². The minimum absolute atomic E-state index is 0.0256. The first-order valence-corrected chi connectivity index (χ1v) is 13.2. The van der Waals surface area contributed by atoms with E-state index in [0.29, 0.717) is 29.7 Å². The van der Waals surface area contributed by atoms with Crippen LogP contribution in [0.2, 0.25) is 0 Å². The van der Waals surface area contributed by atoms with E-state index in [2.05, 4.69) is 5.32 Å². The Morgan fingerprint density at radius 1 is 0.841 bits per heavy atom. The third-order valence-corrected chi connectivity index (χ3v) is 7.28. The van der Waals surface area contributed by atoms with Crippen LogP contribution in [-0.4, -0.2) is 42.3 Å². The van der Waals surface area contributed by atoms with Gasteiger partial charge in [-0.2, -0.15) is 26.3 Å². The largest absolute Gasteiger partial charge is 0.481 e. The van der Waals surface area contributed by atoms with E-state index in [1.165, 1.54) is 37.4 Å². The number of halogens is 7. The van der Waals surface area contributed by atoms with Crippen molar-refractivity contribution in [1.29, 1.82) is 0 Å². The number of carboxylic acids is 1. The number of carbonyl (C=O) groups is 3. The predicted molar refractivity (Wildman–Crippen MR) is 150 cm³/mol. The second-order valence-corrected chi connectivity index (χ2v) is 10.4. The Hall–Kier alpha value is -4.42. The van der Waals surface area contributed by atoms with E-state index < -0.39 is 47.3 Å². The fourth-order valence-corrected chi connectivity index (χ4v) is 5.11. The molecule has 0 aliphatic carbocycles. The highest BCUT2D eigenvalue weighted by molar-refractivity contribution is 6.09. The van der Waals surface area contributed by atoms with Gasteiger partial charge < -0.3 is 15.3 Å². The summed E-state index contributed by atoms with van der Waals surface area (Å²) in [6.45, 7) is 5.70. The fraction of sp³-hybridized carbons (Fsp3) is 0.323. The van der Waals surface area contributed by atoms with Gasteiger partial charge in [0.25, 0.3) is 11.8 Å². The Labute approximate surface area is 248 Å². The van der Waals surface area contributed by atoms with Crippen molar-refractivity contribution in [2.24, 2.45) is 0 Å². The minimum Gasteiger partial charge on any atom is -0.481 e. The number of carbonyl (C=O) groups excluding carboxylic acids is 2. The number of rotatable bonds is 8. The Morgan fingerprint density at radius 2 is 1.41 bits per heavy atom. The van der Waals surface area contributed by atoms with Crippen LogP contribution in [0.3, 0.4) is 0 Å². The standard InChI is InChI=1S/C31H29F7N2O4/c1-6-23(28(43)44)19-10-11-24(16(2)12-19)26(41)39-22-9-7-8-20(15-22)27(42)40(5)25-17(3)13-21(14-18(25)4)29(32,30(33,34)35)31(36,37)38/h7-15,23H,6H2,1-5H3,(H,39,41)(H,43,44). The molecule has 0 heterocycles. The summed E-state index contributed by atoms with van der Waals surface area (Å²) in [5.74, 6) is -2.97. The summed E-state index contributed by atoms with van der Waals surface area (Å²) in [4.78, 5) is 38.8. The number of anilines is 2. The van der Waals surface area contributed by atoms with Gasteiger partial charge in [-0.05, 0) is 73.7 Å². The van der Waals surface area contributed by atoms with Crippen LogP contribution in [0, 0.1) is 20.8 Å². The normalized spacial score (nSPS) is 12.9. The zero-order chi connectivity index (χ0) is 33.4. The second kappa shape index (κ2) is 12.3. The van der Waals surface area contributed by atoms with E-state index >= 15 is 0 Å². The molecule has 2 N–H and O–H groups in total. The number of hydrogen-bond donors (Lipinski definition) is 2. The van der Waals surface area contributed by atoms with Crippen LogP contribution in [0.1, 0.15) is 67.8 Å². The van der Waals surface area contributed by atoms with Gasteiger partial charge >= 0.3 is 24.0 Å². The summed E-state index contributed by atoms with van der Waals surface area (Å²) in [5, 5.41) is 12.1. The van der Waals surface area contributed by atoms with Gasteiger partial charge in [0.15, 0.2) is 0 Å². The van der Waals surface area contributed by atoms with Crippen LogP contribution in [0.5, 0.6) is 0 Å². The molecule has 13 heteroatoms. The van der Waals surface area contributed by atoms with Crippen LogP contribution >= 0.6 is 0 Å². The van der Waals surface area contributed by atoms with Gasteiger partial charge in [0.05, 0.1) is 5.92 Å². The molecule has 3 aromatic rings. The predicted octanol–water partition coefficient (Wildman–Crippen LogP) is 8.01. The lowest BCUT2D eigenvalue weighted by molar-refractivity contribution is -0.348. The monoisotopic (exact) mass is 626 g/mol. The Kier molecular flexibility index (Phi) is 9.52. The van der Waals surface area contributed by atoms with Gasteiger partial charge in [-0.3, -0.25) is 14.4 Å². The molecule has 0 fully saturated rings. The Balaban J connectivity index is 1.89. The zero-order valence-corrected chi connectivity index (χ0v) is 24.2. The molecule has 236 valence electrons. The lowest BCUT2D eigenvalue weighted by Crippen LogP contribution is -2.50. The summed E-state index contributed by atoms with van der Waals surface area (Å²) in [6.07, 6.45) is -12.2. The van der Waals surface area contributed by atoms with E-state index in [9.17, 15) is 50.2 Å². The first kappa shape index (κ1) is 34.1. The SMILES string of the molecule is CCC(C(=O)O)c1ccc(C(=O)Nc2cccc(C(=O)N(C)c3c(C)cc(C(F)(C(F)(F)F)C(F)(F)F)cc3C)c2)c(C)c1. The molecule has 44 heavy (non-hydrogen) atoms. The number of hydrogen-bond acceptors (Lipinski definition) is 3. The highest BCUT2D eigenvalue weighted by atomic mass is 19.4. The number of aliphatic carboxylic acids is 1. The molecule has 2 amide bonds. The summed E-state index contributed by atoms with van der Waals surface area (Å²) >= 11 is 0. The number of benzene rings is 3. The van der Waals surface area contributed by atoms with Crippen molar-refractivity contribution in [2.45, 2.75) is 58.1 Å². The molecular weight excluding hydrogens is 597 g/mol. The van der Waals surface area contributed by atoms with E-state index in [4.69, 9.17) is 0 Å². The van der Waals surface area contributed by atoms with Crippen molar-refractivity contribution in [3.05, 3.63) is 93.5 Å². The lowest BCUT2D eigenvalue weighted by atomic mass is 9.90. The summed E-state index contributed by atoms with van der Waals surface area (Å²) < 4.78 is 94.5. The van der Waals surface area contributed by atoms with Crippen molar-refractivity contribution < 1.29 is 50.2 Å². The Morgan fingerprint density at radius 3 is 1.89 bits per heavy atom. The second-order valence-electron chi connectivity index (χ2n) is 10.4. The van der Waals surface area contributed by atoms with E-state index in [1.807, 2.05) is 0 Å². The molecule has 0 saturated carbocycles. The molecule has 0 radical (unpaired) electrons. The highest BCUT2D eigenvalue weighted by Crippen LogP contribution is 2.54. The van der Waals surface area contributed by atoms with E-state index in [-0.39, 0.29) is 33.6 Å². The molecule has 0 saturated heterocycles. The summed E-state index contributed by atoms with van der Waals surface area (Å²) in [5.41, 5.74) is -6.15. The maximum Gasteiger partial charge on any atom is 0.435 e. The van der Waals surface area contributed by atoms with Crippen LogP contribution in [0.4, 0.5) is 42.1 Å². The molecule has 0 aromatic heterocycles. The maximum absolute atomic E-state index is 14.7. The van der Waals surface area contributed by atoms with Crippen molar-refractivity contribution in [2.75, 3.05) is 17.3 Å². The van der Waals surface area contributed by atoms with Gasteiger partial charge in [0.2, 0.25) is 0 Å². The number of amides is 2. The fourth-order valence-electron chi connectivity index (χ4n) is 5.11. The van der Waals surface area contributed by atoms with Crippen LogP contribution in [0.25, 0.3) is 0 Å².